The van der Waals surface area contributed by atoms with Crippen LogP contribution in [0.25, 0.3) is 0 Å². The Morgan fingerprint density at radius 2 is 2.00 bits per heavy atom. The van der Waals surface area contributed by atoms with Crippen molar-refractivity contribution in [2.75, 3.05) is 26.3 Å². The van der Waals surface area contributed by atoms with Gasteiger partial charge < -0.3 is 19.0 Å². The molecule has 0 radical (unpaired) electrons. The summed E-state index contributed by atoms with van der Waals surface area (Å²) in [6.07, 6.45) is 5.12. The van der Waals surface area contributed by atoms with E-state index in [9.17, 15) is 9.59 Å². The van der Waals surface area contributed by atoms with Gasteiger partial charge in [0.1, 0.15) is 0 Å². The average Bonchev–Trinajstić information content (AvgIpc) is 3.10. The van der Waals surface area contributed by atoms with Gasteiger partial charge in [0.05, 0.1) is 6.26 Å². The first kappa shape index (κ1) is 16.1. The molecule has 0 aliphatic carbocycles. The molecule has 3 heterocycles. The van der Waals surface area contributed by atoms with Crippen LogP contribution >= 0.6 is 0 Å². The molecule has 2 aliphatic rings. The van der Waals surface area contributed by atoms with Gasteiger partial charge in [0, 0.05) is 45.3 Å². The van der Waals surface area contributed by atoms with E-state index < -0.39 is 0 Å². The molecule has 6 nitrogen and oxygen atoms in total. The third-order valence-corrected chi connectivity index (χ3v) is 4.76. The summed E-state index contributed by atoms with van der Waals surface area (Å²) in [6, 6.07) is 3.72. The number of carbonyl (C=O) groups excluding carboxylic acids is 2. The second-order valence-electron chi connectivity index (χ2n) is 6.29. The minimum Gasteiger partial charge on any atom is -0.459 e. The Balaban J connectivity index is 1.70. The predicted octanol–water partition coefficient (Wildman–Crippen LogP) is 1.91. The molecule has 0 aromatic carbocycles. The van der Waals surface area contributed by atoms with Crippen LogP contribution < -0.4 is 0 Å². The van der Waals surface area contributed by atoms with Crippen LogP contribution in [-0.4, -0.2) is 60.0 Å². The van der Waals surface area contributed by atoms with Crippen LogP contribution in [0, 0.1) is 0 Å². The van der Waals surface area contributed by atoms with Crippen molar-refractivity contribution in [1.82, 2.24) is 9.80 Å². The van der Waals surface area contributed by atoms with Crippen molar-refractivity contribution >= 4 is 11.8 Å². The van der Waals surface area contributed by atoms with E-state index in [0.717, 1.165) is 32.2 Å². The first-order valence-corrected chi connectivity index (χ1v) is 8.36. The highest BCUT2D eigenvalue weighted by Crippen LogP contribution is 2.24. The molecule has 3 rings (SSSR count). The van der Waals surface area contributed by atoms with E-state index in [4.69, 9.17) is 9.15 Å². The molecule has 0 N–H and O–H groups in total. The molecular weight excluding hydrogens is 296 g/mol. The number of furan rings is 1. The summed E-state index contributed by atoms with van der Waals surface area (Å²) < 4.78 is 10.6. The Labute approximate surface area is 136 Å². The molecular formula is C17H24N2O4. The number of amides is 2. The fourth-order valence-corrected chi connectivity index (χ4v) is 3.70. The van der Waals surface area contributed by atoms with Crippen molar-refractivity contribution in [1.29, 1.82) is 0 Å². The SMILES string of the molecule is CC(=O)N(C1CCOCC1)C1CCCN(C(=O)c2ccco2)C1. The molecule has 126 valence electrons. The molecule has 2 fully saturated rings. The van der Waals surface area contributed by atoms with Crippen LogP contribution in [0.3, 0.4) is 0 Å². The van der Waals surface area contributed by atoms with Crippen LogP contribution in [-0.2, 0) is 9.53 Å². The van der Waals surface area contributed by atoms with Gasteiger partial charge in [0.2, 0.25) is 5.91 Å². The molecule has 0 spiro atoms. The van der Waals surface area contributed by atoms with Gasteiger partial charge in [0.15, 0.2) is 5.76 Å². The van der Waals surface area contributed by atoms with E-state index in [0.29, 0.717) is 25.5 Å². The van der Waals surface area contributed by atoms with Gasteiger partial charge in [-0.1, -0.05) is 0 Å². The third kappa shape index (κ3) is 3.58. The summed E-state index contributed by atoms with van der Waals surface area (Å²) in [4.78, 5) is 28.5. The van der Waals surface area contributed by atoms with Crippen molar-refractivity contribution in [3.8, 4) is 0 Å². The van der Waals surface area contributed by atoms with E-state index in [-0.39, 0.29) is 23.9 Å². The molecule has 0 saturated carbocycles. The van der Waals surface area contributed by atoms with Crippen LogP contribution in [0.1, 0.15) is 43.2 Å². The third-order valence-electron chi connectivity index (χ3n) is 4.76. The van der Waals surface area contributed by atoms with E-state index in [1.165, 1.54) is 6.26 Å². The molecule has 1 aromatic heterocycles. The van der Waals surface area contributed by atoms with Gasteiger partial charge in [-0.15, -0.1) is 0 Å². The number of rotatable bonds is 3. The maximum absolute atomic E-state index is 12.5. The van der Waals surface area contributed by atoms with Crippen molar-refractivity contribution in [3.05, 3.63) is 24.2 Å². The van der Waals surface area contributed by atoms with Gasteiger partial charge in [-0.05, 0) is 37.8 Å². The Morgan fingerprint density at radius 1 is 1.22 bits per heavy atom. The van der Waals surface area contributed by atoms with E-state index in [1.54, 1.807) is 19.1 Å². The van der Waals surface area contributed by atoms with Gasteiger partial charge in [0.25, 0.3) is 5.91 Å². The van der Waals surface area contributed by atoms with E-state index in [2.05, 4.69) is 0 Å². The van der Waals surface area contributed by atoms with Gasteiger partial charge in [-0.3, -0.25) is 9.59 Å². The largest absolute Gasteiger partial charge is 0.459 e. The lowest BCUT2D eigenvalue weighted by atomic mass is 9.98. The predicted molar refractivity (Wildman–Crippen MR) is 84.0 cm³/mol. The highest BCUT2D eigenvalue weighted by molar-refractivity contribution is 5.91. The monoisotopic (exact) mass is 320 g/mol. The van der Waals surface area contributed by atoms with Gasteiger partial charge in [-0.25, -0.2) is 0 Å². The average molecular weight is 320 g/mol. The molecule has 1 atom stereocenters. The van der Waals surface area contributed by atoms with Crippen LogP contribution in [0.5, 0.6) is 0 Å². The number of piperidine rings is 1. The lowest BCUT2D eigenvalue weighted by molar-refractivity contribution is -0.137. The number of hydrogen-bond acceptors (Lipinski definition) is 4. The number of ether oxygens (including phenoxy) is 1. The zero-order valence-electron chi connectivity index (χ0n) is 13.6. The Kier molecular flexibility index (Phi) is 5.00. The molecule has 2 saturated heterocycles. The minimum absolute atomic E-state index is 0.0864. The van der Waals surface area contributed by atoms with Crippen LogP contribution in [0.2, 0.25) is 0 Å². The maximum Gasteiger partial charge on any atom is 0.289 e. The molecule has 2 aliphatic heterocycles. The fourth-order valence-electron chi connectivity index (χ4n) is 3.70. The van der Waals surface area contributed by atoms with Crippen molar-refractivity contribution in [3.63, 3.8) is 0 Å². The lowest BCUT2D eigenvalue weighted by Crippen LogP contribution is -2.55. The molecule has 23 heavy (non-hydrogen) atoms. The normalized spacial score (nSPS) is 22.8. The maximum atomic E-state index is 12.5. The second kappa shape index (κ2) is 7.17. The highest BCUT2D eigenvalue weighted by atomic mass is 16.5. The zero-order valence-corrected chi connectivity index (χ0v) is 13.6. The van der Waals surface area contributed by atoms with Crippen LogP contribution in [0.15, 0.2) is 22.8 Å². The molecule has 0 bridgehead atoms. The van der Waals surface area contributed by atoms with Gasteiger partial charge >= 0.3 is 0 Å². The van der Waals surface area contributed by atoms with E-state index >= 15 is 0 Å². The zero-order chi connectivity index (χ0) is 16.2. The molecule has 1 aromatic rings. The summed E-state index contributed by atoms with van der Waals surface area (Å²) in [5.41, 5.74) is 0. The summed E-state index contributed by atoms with van der Waals surface area (Å²) in [7, 11) is 0. The minimum atomic E-state index is -0.0878. The topological polar surface area (TPSA) is 63.0 Å². The lowest BCUT2D eigenvalue weighted by Gasteiger charge is -2.43. The second-order valence-corrected chi connectivity index (χ2v) is 6.29. The Morgan fingerprint density at radius 3 is 2.65 bits per heavy atom. The number of nitrogens with zero attached hydrogens (tertiary/aromatic N) is 2. The van der Waals surface area contributed by atoms with Crippen molar-refractivity contribution < 1.29 is 18.7 Å². The molecule has 1 unspecified atom stereocenters. The quantitative estimate of drug-likeness (QED) is 0.853. The highest BCUT2D eigenvalue weighted by Gasteiger charge is 2.34. The Bertz CT molecular complexity index is 537. The molecule has 2 amide bonds. The number of hydrogen-bond donors (Lipinski definition) is 0. The van der Waals surface area contributed by atoms with E-state index in [1.807, 2.05) is 9.80 Å². The van der Waals surface area contributed by atoms with Crippen LogP contribution in [0.4, 0.5) is 0 Å². The summed E-state index contributed by atoms with van der Waals surface area (Å²) in [6.45, 7) is 4.33. The first-order valence-electron chi connectivity index (χ1n) is 8.36. The fraction of sp³-hybridized carbons (Fsp3) is 0.647. The summed E-state index contributed by atoms with van der Waals surface area (Å²) in [5, 5.41) is 0. The van der Waals surface area contributed by atoms with Crippen molar-refractivity contribution in [2.24, 2.45) is 0 Å². The standard InChI is InChI=1S/C17H24N2O4/c1-13(20)19(14-6-10-22-11-7-14)15-4-2-8-18(12-15)17(21)16-5-3-9-23-16/h3,5,9,14-15H,2,4,6-8,10-12H2,1H3. The number of carbonyl (C=O) groups is 2. The first-order chi connectivity index (χ1) is 11.2. The Hall–Kier alpha value is -1.82. The smallest absolute Gasteiger partial charge is 0.289 e. The summed E-state index contributed by atoms with van der Waals surface area (Å²) >= 11 is 0. The molecule has 6 heteroatoms. The van der Waals surface area contributed by atoms with Gasteiger partial charge in [-0.2, -0.15) is 0 Å². The summed E-state index contributed by atoms with van der Waals surface area (Å²) in [5.74, 6) is 0.371. The van der Waals surface area contributed by atoms with Crippen molar-refractivity contribution in [2.45, 2.75) is 44.7 Å². The number of likely N-dealkylation sites (tertiary alicyclic amines) is 1.